The average Bonchev–Trinajstić information content (AvgIpc) is 3.32. The third-order valence-electron chi connectivity index (χ3n) is 5.86. The molecule has 2 fully saturated rings. The van der Waals surface area contributed by atoms with Crippen LogP contribution < -0.4 is 9.80 Å². The summed E-state index contributed by atoms with van der Waals surface area (Å²) in [5.41, 5.74) is 2.60. The smallest absolute Gasteiger partial charge is 0.262 e. The molecule has 3 atom stereocenters. The third-order valence-corrected chi connectivity index (χ3v) is 5.86. The van der Waals surface area contributed by atoms with Crippen molar-refractivity contribution < 1.29 is 19.2 Å². The number of hydrogen-bond donors (Lipinski definition) is 0. The number of nitrogens with zero attached hydrogens (tertiary/aromatic N) is 2. The van der Waals surface area contributed by atoms with Crippen molar-refractivity contribution in [3.63, 3.8) is 0 Å². The highest BCUT2D eigenvalue weighted by Gasteiger charge is 2.59. The summed E-state index contributed by atoms with van der Waals surface area (Å²) in [6, 6.07) is 26.2. The lowest BCUT2D eigenvalue weighted by atomic mass is 9.90. The Hall–Kier alpha value is -3.64. The maximum atomic E-state index is 13.5. The molecule has 2 saturated heterocycles. The Bertz CT molecular complexity index is 1090. The summed E-state index contributed by atoms with van der Waals surface area (Å²) in [6.45, 7) is 0.246. The molecule has 0 N–H and O–H groups in total. The van der Waals surface area contributed by atoms with E-state index in [1.165, 1.54) is 4.90 Å². The van der Waals surface area contributed by atoms with Crippen molar-refractivity contribution in [1.82, 2.24) is 4.90 Å². The Morgan fingerprint density at radius 3 is 2.13 bits per heavy atom. The number of hydroxylamine groups is 1. The summed E-state index contributed by atoms with van der Waals surface area (Å²) in [5.74, 6) is -0.399. The van der Waals surface area contributed by atoms with Gasteiger partial charge in [-0.15, -0.1) is 0 Å². The van der Waals surface area contributed by atoms with Gasteiger partial charge < -0.3 is 4.74 Å². The number of carbonyl (C=O) groups excluding carboxylic acids is 2. The van der Waals surface area contributed by atoms with Gasteiger partial charge in [0.25, 0.3) is 5.91 Å². The van der Waals surface area contributed by atoms with Gasteiger partial charge in [0, 0.05) is 0 Å². The van der Waals surface area contributed by atoms with E-state index in [0.29, 0.717) is 0 Å². The highest BCUT2D eigenvalue weighted by molar-refractivity contribution is 6.07. The van der Waals surface area contributed by atoms with Gasteiger partial charge in [0.05, 0.1) is 25.4 Å². The first-order valence-electron chi connectivity index (χ1n) is 10.2. The highest BCUT2D eigenvalue weighted by atomic mass is 16.7. The largest absolute Gasteiger partial charge is 0.497 e. The van der Waals surface area contributed by atoms with Crippen molar-refractivity contribution in [1.29, 1.82) is 0 Å². The number of anilines is 1. The first-order valence-corrected chi connectivity index (χ1v) is 10.2. The summed E-state index contributed by atoms with van der Waals surface area (Å²) in [4.78, 5) is 34.1. The Morgan fingerprint density at radius 2 is 1.48 bits per heavy atom. The molecule has 2 aliphatic rings. The molecule has 0 aliphatic carbocycles. The first-order chi connectivity index (χ1) is 15.2. The van der Waals surface area contributed by atoms with Crippen LogP contribution >= 0.6 is 0 Å². The minimum atomic E-state index is -0.844. The quantitative estimate of drug-likeness (QED) is 0.596. The molecule has 0 saturated carbocycles. The molecule has 6 nitrogen and oxygen atoms in total. The SMILES string of the molecule is COc1ccc([C@H]2[C@H]3C(=O)N(Cc4ccccc4)C(=O)[C@H]3ON2c2ccccc2)cc1. The highest BCUT2D eigenvalue weighted by Crippen LogP contribution is 2.47. The van der Waals surface area contributed by atoms with Crippen LogP contribution in [0.1, 0.15) is 17.2 Å². The summed E-state index contributed by atoms with van der Waals surface area (Å²) >= 11 is 0. The Morgan fingerprint density at radius 1 is 0.839 bits per heavy atom. The zero-order valence-corrected chi connectivity index (χ0v) is 17.0. The summed E-state index contributed by atoms with van der Waals surface area (Å²) < 4.78 is 5.28. The minimum Gasteiger partial charge on any atom is -0.497 e. The maximum absolute atomic E-state index is 13.5. The van der Waals surface area contributed by atoms with Crippen molar-refractivity contribution in [3.8, 4) is 5.75 Å². The zero-order valence-electron chi connectivity index (χ0n) is 17.0. The number of ether oxygens (including phenoxy) is 1. The molecular formula is C25H22N2O4. The second-order valence-corrected chi connectivity index (χ2v) is 7.68. The molecule has 0 unspecified atom stereocenters. The van der Waals surface area contributed by atoms with E-state index >= 15 is 0 Å². The van der Waals surface area contributed by atoms with E-state index < -0.39 is 18.1 Å². The van der Waals surface area contributed by atoms with Gasteiger partial charge in [0.1, 0.15) is 11.7 Å². The van der Waals surface area contributed by atoms with Crippen LogP contribution in [0, 0.1) is 5.92 Å². The molecule has 2 aliphatic heterocycles. The van der Waals surface area contributed by atoms with Gasteiger partial charge in [-0.05, 0) is 35.4 Å². The molecular weight excluding hydrogens is 392 g/mol. The fraction of sp³-hybridized carbons (Fsp3) is 0.200. The fourth-order valence-electron chi connectivity index (χ4n) is 4.33. The number of likely N-dealkylation sites (tertiary alicyclic amines) is 1. The lowest BCUT2D eigenvalue weighted by molar-refractivity contribution is -0.143. The predicted molar refractivity (Wildman–Crippen MR) is 115 cm³/mol. The first kappa shape index (κ1) is 19.3. The Balaban J connectivity index is 1.52. The van der Waals surface area contributed by atoms with Gasteiger partial charge in [-0.3, -0.25) is 19.3 Å². The maximum Gasteiger partial charge on any atom is 0.262 e. The number of benzene rings is 3. The van der Waals surface area contributed by atoms with Crippen molar-refractivity contribution in [2.45, 2.75) is 18.7 Å². The van der Waals surface area contributed by atoms with Gasteiger partial charge >= 0.3 is 0 Å². The van der Waals surface area contributed by atoms with Gasteiger partial charge in [-0.25, -0.2) is 5.06 Å². The van der Waals surface area contributed by atoms with Gasteiger partial charge in [0.15, 0.2) is 6.10 Å². The molecule has 31 heavy (non-hydrogen) atoms. The fourth-order valence-corrected chi connectivity index (χ4v) is 4.33. The second-order valence-electron chi connectivity index (χ2n) is 7.68. The van der Waals surface area contributed by atoms with E-state index in [1.54, 1.807) is 12.2 Å². The third kappa shape index (κ3) is 3.35. The van der Waals surface area contributed by atoms with Crippen molar-refractivity contribution in [3.05, 3.63) is 96.1 Å². The molecule has 3 aromatic carbocycles. The van der Waals surface area contributed by atoms with Crippen LogP contribution in [0.25, 0.3) is 0 Å². The average molecular weight is 414 g/mol. The van der Waals surface area contributed by atoms with E-state index in [4.69, 9.17) is 9.57 Å². The molecule has 2 amide bonds. The van der Waals surface area contributed by atoms with Crippen LogP contribution in [0.5, 0.6) is 5.75 Å². The number of carbonyl (C=O) groups is 2. The van der Waals surface area contributed by atoms with Crippen LogP contribution in [-0.4, -0.2) is 29.9 Å². The predicted octanol–water partition coefficient (Wildman–Crippen LogP) is 3.74. The number of rotatable bonds is 5. The van der Waals surface area contributed by atoms with Crippen molar-refractivity contribution in [2.75, 3.05) is 12.2 Å². The molecule has 156 valence electrons. The van der Waals surface area contributed by atoms with E-state index in [0.717, 1.165) is 22.6 Å². The topological polar surface area (TPSA) is 59.1 Å². The Labute approximate surface area is 180 Å². The van der Waals surface area contributed by atoms with E-state index in [2.05, 4.69) is 0 Å². The molecule has 6 heteroatoms. The number of methoxy groups -OCH3 is 1. The molecule has 3 aromatic rings. The number of para-hydroxylation sites is 1. The standard InChI is InChI=1S/C25H22N2O4/c1-30-20-14-12-18(13-15-20)22-21-23(31-27(22)19-10-6-3-7-11-19)25(29)26(24(21)28)16-17-8-4-2-5-9-17/h2-15,21-23H,16H2,1H3/t21-,22+,23+/m1/s1. The van der Waals surface area contributed by atoms with E-state index in [1.807, 2.05) is 84.9 Å². The summed E-state index contributed by atoms with van der Waals surface area (Å²) in [5, 5.41) is 1.70. The molecule has 0 bridgehead atoms. The Kier molecular flexibility index (Phi) is 4.92. The van der Waals surface area contributed by atoms with Crippen LogP contribution in [0.4, 0.5) is 5.69 Å². The molecule has 5 rings (SSSR count). The normalized spacial score (nSPS) is 22.7. The minimum absolute atomic E-state index is 0.210. The number of fused-ring (bicyclic) bond motifs is 1. The molecule has 0 radical (unpaired) electrons. The van der Waals surface area contributed by atoms with Crippen LogP contribution in [-0.2, 0) is 21.0 Å². The van der Waals surface area contributed by atoms with Crippen LogP contribution in [0.2, 0.25) is 0 Å². The van der Waals surface area contributed by atoms with Gasteiger partial charge in [-0.2, -0.15) is 0 Å². The van der Waals surface area contributed by atoms with Crippen LogP contribution in [0.15, 0.2) is 84.9 Å². The summed E-state index contributed by atoms with van der Waals surface area (Å²) in [7, 11) is 1.61. The number of hydrogen-bond acceptors (Lipinski definition) is 5. The molecule has 2 heterocycles. The number of imide groups is 1. The van der Waals surface area contributed by atoms with Gasteiger partial charge in [-0.1, -0.05) is 60.7 Å². The van der Waals surface area contributed by atoms with Crippen LogP contribution in [0.3, 0.4) is 0 Å². The zero-order chi connectivity index (χ0) is 21.4. The molecule has 0 aromatic heterocycles. The molecule has 0 spiro atoms. The van der Waals surface area contributed by atoms with Gasteiger partial charge in [0.2, 0.25) is 5.91 Å². The van der Waals surface area contributed by atoms with Crippen molar-refractivity contribution >= 4 is 17.5 Å². The van der Waals surface area contributed by atoms with E-state index in [9.17, 15) is 9.59 Å². The monoisotopic (exact) mass is 414 g/mol. The lowest BCUT2D eigenvalue weighted by Gasteiger charge is -2.28. The van der Waals surface area contributed by atoms with Crippen molar-refractivity contribution in [2.24, 2.45) is 5.92 Å². The lowest BCUT2D eigenvalue weighted by Crippen LogP contribution is -2.36. The number of amides is 2. The van der Waals surface area contributed by atoms with E-state index in [-0.39, 0.29) is 18.4 Å². The second kappa shape index (κ2) is 7.89. The summed E-state index contributed by atoms with van der Waals surface area (Å²) in [6.07, 6.45) is -0.844.